The van der Waals surface area contributed by atoms with Gasteiger partial charge in [0, 0.05) is 66.3 Å². The third-order valence-corrected chi connectivity index (χ3v) is 19.9. The summed E-state index contributed by atoms with van der Waals surface area (Å²) < 4.78 is 4.73. The van der Waals surface area contributed by atoms with Gasteiger partial charge in [-0.25, -0.2) is 29.9 Å². The number of nitrogens with zero attached hydrogens (tertiary/aromatic N) is 8. The van der Waals surface area contributed by atoms with Crippen LogP contribution in [0.2, 0.25) is 0 Å². The van der Waals surface area contributed by atoms with Crippen molar-refractivity contribution in [3.8, 4) is 113 Å². The number of para-hydroxylation sites is 2. The normalized spacial score (nSPS) is 11.5. The average Bonchev–Trinajstić information content (AvgIpc) is 1.58. The second-order valence-electron chi connectivity index (χ2n) is 26.2. The monoisotopic (exact) mass is 1330 g/mol. The molecule has 16 aromatic carbocycles. The van der Waals surface area contributed by atoms with Gasteiger partial charge in [0.15, 0.2) is 34.9 Å². The molecule has 0 spiro atoms. The highest BCUT2D eigenvalue weighted by Gasteiger charge is 2.21. The summed E-state index contributed by atoms with van der Waals surface area (Å²) in [6, 6.07) is 132. The maximum absolute atomic E-state index is 4.95. The van der Waals surface area contributed by atoms with E-state index in [1.165, 1.54) is 109 Å². The molecule has 486 valence electrons. The van der Waals surface area contributed by atoms with E-state index in [2.05, 4.69) is 264 Å². The van der Waals surface area contributed by atoms with Crippen molar-refractivity contribution in [1.29, 1.82) is 0 Å². The van der Waals surface area contributed by atoms with Gasteiger partial charge in [-0.2, -0.15) is 0 Å². The molecule has 0 radical (unpaired) electrons. The molecule has 104 heavy (non-hydrogen) atoms. The van der Waals surface area contributed by atoms with Crippen molar-refractivity contribution < 1.29 is 0 Å². The molecule has 8 nitrogen and oxygen atoms in total. The lowest BCUT2D eigenvalue weighted by Crippen LogP contribution is -2.00. The zero-order valence-electron chi connectivity index (χ0n) is 56.4. The largest absolute Gasteiger partial charge is 0.309 e. The van der Waals surface area contributed by atoms with Crippen molar-refractivity contribution in [2.45, 2.75) is 0 Å². The van der Waals surface area contributed by atoms with Gasteiger partial charge in [-0.3, -0.25) is 0 Å². The fraction of sp³-hybridized carbons (Fsp3) is 0. The third kappa shape index (κ3) is 11.3. The van der Waals surface area contributed by atoms with Crippen LogP contribution in [0.3, 0.4) is 0 Å². The Morgan fingerprint density at radius 3 is 0.904 bits per heavy atom. The summed E-state index contributed by atoms with van der Waals surface area (Å²) in [7, 11) is 0. The minimum Gasteiger partial charge on any atom is -0.309 e. The molecule has 0 saturated heterocycles. The van der Waals surface area contributed by atoms with Gasteiger partial charge in [0.2, 0.25) is 0 Å². The summed E-state index contributed by atoms with van der Waals surface area (Å²) in [5.41, 5.74) is 19.8. The summed E-state index contributed by atoms with van der Waals surface area (Å²) in [6.45, 7) is 0. The van der Waals surface area contributed by atoms with Crippen LogP contribution in [0.5, 0.6) is 0 Å². The van der Waals surface area contributed by atoms with Crippen molar-refractivity contribution >= 4 is 75.9 Å². The van der Waals surface area contributed by atoms with Crippen molar-refractivity contribution in [1.82, 2.24) is 39.0 Å². The standard InChI is InChI=1S/C49H32N4.C47H30N4/c1-4-12-33(13-5-1)34-20-22-35(23-21-34)39-26-30-42-40(32-39)27-31-45-46(42)43-18-10-11-19-44(43)53(45)41-28-24-38(25-29-41)49-51-47(36-14-6-2-7-15-36)50-48(52-49)37-16-8-3-9-17-37;1-3-12-33(13-4-1)45-48-46(34-14-5-2-6-15-34)50-47(49-45)35-23-26-39(27-24-35)51-42-18-10-9-17-40(42)44-41-30-38(22-20-32(41)25-28-43(44)51)37-21-19-31-11-7-8-16-36(31)29-37/h1-32H;1-30H. The van der Waals surface area contributed by atoms with E-state index >= 15 is 0 Å². The molecule has 0 fully saturated rings. The number of hydrogen-bond donors (Lipinski definition) is 0. The summed E-state index contributed by atoms with van der Waals surface area (Å²) in [6.07, 6.45) is 0. The summed E-state index contributed by atoms with van der Waals surface area (Å²) in [5, 5.41) is 12.4. The van der Waals surface area contributed by atoms with Gasteiger partial charge in [-0.1, -0.05) is 285 Å². The van der Waals surface area contributed by atoms with Crippen LogP contribution in [-0.2, 0) is 0 Å². The number of rotatable bonds is 11. The zero-order valence-corrected chi connectivity index (χ0v) is 56.4. The van der Waals surface area contributed by atoms with Gasteiger partial charge in [0.1, 0.15) is 0 Å². The lowest BCUT2D eigenvalue weighted by atomic mass is 9.96. The molecule has 0 N–H and O–H groups in total. The summed E-state index contributed by atoms with van der Waals surface area (Å²) in [4.78, 5) is 29.5. The van der Waals surface area contributed by atoms with Gasteiger partial charge >= 0.3 is 0 Å². The van der Waals surface area contributed by atoms with Crippen molar-refractivity contribution in [3.63, 3.8) is 0 Å². The van der Waals surface area contributed by atoms with Crippen LogP contribution in [0.15, 0.2) is 376 Å². The SMILES string of the molecule is c1ccc(-c2ccc(-c3ccc4c(ccc5c4c4ccccc4n5-c4ccc(-c5nc(-c6ccccc6)nc(-c6ccccc6)n5)cc4)c3)cc2)cc1.c1ccc(-c2nc(-c3ccccc3)nc(-c3ccc(-n4c5ccccc5c5c6cc(-c7ccc8ccccc8c7)ccc6ccc54)cc3)n2)cc1. The molecule has 8 heteroatoms. The van der Waals surface area contributed by atoms with E-state index in [1.54, 1.807) is 0 Å². The highest BCUT2D eigenvalue weighted by molar-refractivity contribution is 6.23. The van der Waals surface area contributed by atoms with Crippen LogP contribution in [0.4, 0.5) is 0 Å². The minimum absolute atomic E-state index is 0.642. The number of benzene rings is 16. The quantitative estimate of drug-likeness (QED) is 0.128. The Labute approximate surface area is 600 Å². The van der Waals surface area contributed by atoms with Crippen LogP contribution >= 0.6 is 0 Å². The molecule has 0 aliphatic carbocycles. The van der Waals surface area contributed by atoms with E-state index in [9.17, 15) is 0 Å². The first-order valence-electron chi connectivity index (χ1n) is 35.1. The Morgan fingerprint density at radius 1 is 0.154 bits per heavy atom. The van der Waals surface area contributed by atoms with E-state index in [1.807, 2.05) is 121 Å². The fourth-order valence-corrected chi connectivity index (χ4v) is 14.7. The predicted octanol–water partition coefficient (Wildman–Crippen LogP) is 24.4. The van der Waals surface area contributed by atoms with Crippen LogP contribution in [0, 0.1) is 0 Å². The van der Waals surface area contributed by atoms with Crippen molar-refractivity contribution in [2.24, 2.45) is 0 Å². The predicted molar refractivity (Wildman–Crippen MR) is 430 cm³/mol. The molecule has 0 amide bonds. The second-order valence-corrected chi connectivity index (χ2v) is 26.2. The van der Waals surface area contributed by atoms with Gasteiger partial charge in [0.25, 0.3) is 0 Å². The average molecular weight is 1330 g/mol. The van der Waals surface area contributed by atoms with E-state index in [-0.39, 0.29) is 0 Å². The van der Waals surface area contributed by atoms with Crippen molar-refractivity contribution in [3.05, 3.63) is 376 Å². The smallest absolute Gasteiger partial charge is 0.164 e. The molecule has 20 rings (SSSR count). The van der Waals surface area contributed by atoms with Gasteiger partial charge in [-0.05, 0) is 157 Å². The summed E-state index contributed by atoms with van der Waals surface area (Å²) in [5.74, 6) is 3.90. The molecule has 4 heterocycles. The Bertz CT molecular complexity index is 6480. The van der Waals surface area contributed by atoms with E-state index in [4.69, 9.17) is 29.9 Å². The third-order valence-electron chi connectivity index (χ3n) is 19.9. The van der Waals surface area contributed by atoms with E-state index < -0.39 is 0 Å². The maximum Gasteiger partial charge on any atom is 0.164 e. The Morgan fingerprint density at radius 2 is 0.442 bits per heavy atom. The Hall–Kier alpha value is -14.1. The molecule has 4 aromatic heterocycles. The Kier molecular flexibility index (Phi) is 15.4. The van der Waals surface area contributed by atoms with Gasteiger partial charge in [0.05, 0.1) is 22.1 Å². The lowest BCUT2D eigenvalue weighted by Gasteiger charge is -2.11. The molecule has 0 atom stereocenters. The fourth-order valence-electron chi connectivity index (χ4n) is 14.7. The topological polar surface area (TPSA) is 87.2 Å². The summed E-state index contributed by atoms with van der Waals surface area (Å²) >= 11 is 0. The highest BCUT2D eigenvalue weighted by atomic mass is 15.0. The number of hydrogen-bond acceptors (Lipinski definition) is 6. The van der Waals surface area contributed by atoms with Gasteiger partial charge < -0.3 is 9.13 Å². The first kappa shape index (κ1) is 61.0. The maximum atomic E-state index is 4.95. The second kappa shape index (κ2) is 26.2. The molecule has 20 aromatic rings. The Balaban J connectivity index is 0.000000143. The molecule has 0 saturated carbocycles. The highest BCUT2D eigenvalue weighted by Crippen LogP contribution is 2.42. The minimum atomic E-state index is 0.642. The molecular formula is C96H62N8. The van der Waals surface area contributed by atoms with Crippen LogP contribution in [-0.4, -0.2) is 39.0 Å². The molecule has 0 bridgehead atoms. The van der Waals surface area contributed by atoms with E-state index in [0.717, 1.165) is 44.8 Å². The number of fused-ring (bicyclic) bond motifs is 11. The molecule has 0 aliphatic heterocycles. The first-order chi connectivity index (χ1) is 51.5. The molecular weight excluding hydrogens is 1270 g/mol. The lowest BCUT2D eigenvalue weighted by molar-refractivity contribution is 1.07. The van der Waals surface area contributed by atoms with Crippen molar-refractivity contribution in [2.75, 3.05) is 0 Å². The van der Waals surface area contributed by atoms with Crippen LogP contribution < -0.4 is 0 Å². The number of aromatic nitrogens is 8. The van der Waals surface area contributed by atoms with Crippen LogP contribution in [0.1, 0.15) is 0 Å². The van der Waals surface area contributed by atoms with E-state index in [0.29, 0.717) is 34.9 Å². The van der Waals surface area contributed by atoms with Gasteiger partial charge in [-0.15, -0.1) is 0 Å². The molecule has 0 aliphatic rings. The zero-order chi connectivity index (χ0) is 68.9. The first-order valence-corrected chi connectivity index (χ1v) is 35.1. The molecule has 0 unspecified atom stereocenters. The van der Waals surface area contributed by atoms with Crippen LogP contribution in [0.25, 0.3) is 189 Å².